The lowest BCUT2D eigenvalue weighted by molar-refractivity contribution is -0.133. The van der Waals surface area contributed by atoms with Crippen molar-refractivity contribution in [1.29, 1.82) is 0 Å². The van der Waals surface area contributed by atoms with Crippen molar-refractivity contribution in [2.24, 2.45) is 5.92 Å². The van der Waals surface area contributed by atoms with Crippen LogP contribution in [0.25, 0.3) is 0 Å². The van der Waals surface area contributed by atoms with E-state index in [1.807, 2.05) is 23.9 Å². The standard InChI is InChI=1S/C13H27N3O/c1-12(2)5-6-15-7-9-16(10-8-15)13(17)11-14(3)4/h12H,5-11H2,1-4H3. The molecule has 1 saturated heterocycles. The number of rotatable bonds is 5. The molecule has 4 heteroatoms. The number of amides is 1. The van der Waals surface area contributed by atoms with Crippen LogP contribution in [0.15, 0.2) is 0 Å². The van der Waals surface area contributed by atoms with Crippen molar-refractivity contribution in [1.82, 2.24) is 14.7 Å². The number of likely N-dealkylation sites (N-methyl/N-ethyl adjacent to an activating group) is 1. The molecule has 0 aliphatic carbocycles. The van der Waals surface area contributed by atoms with Gasteiger partial charge in [0.25, 0.3) is 0 Å². The molecule has 0 spiro atoms. The maximum Gasteiger partial charge on any atom is 0.236 e. The monoisotopic (exact) mass is 241 g/mol. The summed E-state index contributed by atoms with van der Waals surface area (Å²) in [5, 5.41) is 0. The van der Waals surface area contributed by atoms with Gasteiger partial charge in [0.2, 0.25) is 5.91 Å². The zero-order valence-electron chi connectivity index (χ0n) is 11.8. The molecular weight excluding hydrogens is 214 g/mol. The van der Waals surface area contributed by atoms with Crippen LogP contribution in [0.1, 0.15) is 20.3 Å². The molecule has 1 aliphatic rings. The molecule has 0 radical (unpaired) electrons. The Labute approximate surface area is 106 Å². The van der Waals surface area contributed by atoms with Crippen LogP contribution in [0.5, 0.6) is 0 Å². The molecule has 100 valence electrons. The van der Waals surface area contributed by atoms with Crippen LogP contribution < -0.4 is 0 Å². The zero-order chi connectivity index (χ0) is 12.8. The van der Waals surface area contributed by atoms with E-state index in [0.29, 0.717) is 6.54 Å². The van der Waals surface area contributed by atoms with Crippen molar-refractivity contribution >= 4 is 5.91 Å². The normalized spacial score (nSPS) is 18.1. The molecule has 17 heavy (non-hydrogen) atoms. The SMILES string of the molecule is CC(C)CCN1CCN(C(=O)CN(C)C)CC1. The topological polar surface area (TPSA) is 26.8 Å². The van der Waals surface area contributed by atoms with E-state index in [2.05, 4.69) is 18.7 Å². The van der Waals surface area contributed by atoms with Crippen molar-refractivity contribution < 1.29 is 4.79 Å². The minimum atomic E-state index is 0.263. The van der Waals surface area contributed by atoms with Crippen LogP contribution in [0.4, 0.5) is 0 Å². The summed E-state index contributed by atoms with van der Waals surface area (Å²) >= 11 is 0. The Bertz CT molecular complexity index is 233. The van der Waals surface area contributed by atoms with Crippen molar-refractivity contribution in [2.75, 3.05) is 53.4 Å². The molecule has 0 bridgehead atoms. The second-order valence-electron chi connectivity index (χ2n) is 5.64. The van der Waals surface area contributed by atoms with Gasteiger partial charge in [-0.25, -0.2) is 0 Å². The van der Waals surface area contributed by atoms with Crippen LogP contribution in [-0.2, 0) is 4.79 Å². The van der Waals surface area contributed by atoms with Gasteiger partial charge in [-0.3, -0.25) is 9.69 Å². The van der Waals surface area contributed by atoms with E-state index in [1.54, 1.807) is 0 Å². The molecule has 0 aromatic heterocycles. The maximum atomic E-state index is 11.8. The highest BCUT2D eigenvalue weighted by atomic mass is 16.2. The Hall–Kier alpha value is -0.610. The van der Waals surface area contributed by atoms with E-state index in [1.165, 1.54) is 13.0 Å². The first-order valence-electron chi connectivity index (χ1n) is 6.64. The van der Waals surface area contributed by atoms with Gasteiger partial charge in [-0.05, 0) is 33.0 Å². The smallest absolute Gasteiger partial charge is 0.236 e. The molecule has 0 aromatic carbocycles. The highest BCUT2D eigenvalue weighted by Crippen LogP contribution is 2.06. The number of carbonyl (C=O) groups excluding carboxylic acids is 1. The predicted octanol–water partition coefficient (Wildman–Crippen LogP) is 0.738. The first kappa shape index (κ1) is 14.5. The minimum Gasteiger partial charge on any atom is -0.339 e. The van der Waals surface area contributed by atoms with Crippen molar-refractivity contribution in [3.63, 3.8) is 0 Å². The number of piperazine rings is 1. The molecule has 0 aromatic rings. The summed E-state index contributed by atoms with van der Waals surface area (Å²) in [5.41, 5.74) is 0. The summed E-state index contributed by atoms with van der Waals surface area (Å²) in [7, 11) is 3.88. The average Bonchev–Trinajstić information content (AvgIpc) is 2.26. The van der Waals surface area contributed by atoms with Gasteiger partial charge in [0.15, 0.2) is 0 Å². The van der Waals surface area contributed by atoms with Crippen LogP contribution >= 0.6 is 0 Å². The lowest BCUT2D eigenvalue weighted by Gasteiger charge is -2.35. The Kier molecular flexibility index (Phi) is 5.92. The predicted molar refractivity (Wildman–Crippen MR) is 71.0 cm³/mol. The number of nitrogens with zero attached hydrogens (tertiary/aromatic N) is 3. The number of hydrogen-bond acceptors (Lipinski definition) is 3. The van der Waals surface area contributed by atoms with E-state index in [4.69, 9.17) is 0 Å². The highest BCUT2D eigenvalue weighted by molar-refractivity contribution is 5.78. The Balaban J connectivity index is 2.23. The van der Waals surface area contributed by atoms with E-state index in [0.717, 1.165) is 32.1 Å². The molecule has 1 amide bonds. The third-order valence-electron chi connectivity index (χ3n) is 3.20. The van der Waals surface area contributed by atoms with Crippen LogP contribution in [0.3, 0.4) is 0 Å². The van der Waals surface area contributed by atoms with E-state index in [9.17, 15) is 4.79 Å². The Morgan fingerprint density at radius 3 is 2.24 bits per heavy atom. The van der Waals surface area contributed by atoms with Crippen LogP contribution in [0, 0.1) is 5.92 Å². The lowest BCUT2D eigenvalue weighted by Crippen LogP contribution is -2.50. The summed E-state index contributed by atoms with van der Waals surface area (Å²) < 4.78 is 0. The van der Waals surface area contributed by atoms with Gasteiger partial charge >= 0.3 is 0 Å². The molecule has 0 N–H and O–H groups in total. The van der Waals surface area contributed by atoms with Gasteiger partial charge < -0.3 is 9.80 Å². The Morgan fingerprint density at radius 2 is 1.76 bits per heavy atom. The zero-order valence-corrected chi connectivity index (χ0v) is 11.8. The number of carbonyl (C=O) groups is 1. The fraction of sp³-hybridized carbons (Fsp3) is 0.923. The van der Waals surface area contributed by atoms with Crippen molar-refractivity contribution in [3.8, 4) is 0 Å². The molecule has 1 fully saturated rings. The first-order valence-corrected chi connectivity index (χ1v) is 6.64. The second-order valence-corrected chi connectivity index (χ2v) is 5.64. The van der Waals surface area contributed by atoms with Gasteiger partial charge in [0, 0.05) is 26.2 Å². The van der Waals surface area contributed by atoms with Gasteiger partial charge in [-0.15, -0.1) is 0 Å². The summed E-state index contributed by atoms with van der Waals surface area (Å²) in [4.78, 5) is 18.2. The van der Waals surface area contributed by atoms with Crippen LogP contribution in [-0.4, -0.2) is 74.0 Å². The molecule has 1 aliphatic heterocycles. The van der Waals surface area contributed by atoms with E-state index < -0.39 is 0 Å². The molecule has 4 nitrogen and oxygen atoms in total. The lowest BCUT2D eigenvalue weighted by atomic mass is 10.1. The summed E-state index contributed by atoms with van der Waals surface area (Å²) in [6, 6.07) is 0. The third-order valence-corrected chi connectivity index (χ3v) is 3.20. The molecular formula is C13H27N3O. The molecule has 1 rings (SSSR count). The van der Waals surface area contributed by atoms with Gasteiger partial charge in [0.05, 0.1) is 6.54 Å². The molecule has 0 atom stereocenters. The minimum absolute atomic E-state index is 0.263. The first-order chi connectivity index (χ1) is 7.99. The van der Waals surface area contributed by atoms with Crippen molar-refractivity contribution in [3.05, 3.63) is 0 Å². The summed E-state index contributed by atoms with van der Waals surface area (Å²) in [5.74, 6) is 1.03. The van der Waals surface area contributed by atoms with Gasteiger partial charge in [-0.1, -0.05) is 13.8 Å². The maximum absolute atomic E-state index is 11.8. The fourth-order valence-electron chi connectivity index (χ4n) is 2.03. The van der Waals surface area contributed by atoms with Gasteiger partial charge in [0.1, 0.15) is 0 Å². The quantitative estimate of drug-likeness (QED) is 0.710. The molecule has 1 heterocycles. The molecule has 0 unspecified atom stereocenters. The number of hydrogen-bond donors (Lipinski definition) is 0. The average molecular weight is 241 g/mol. The van der Waals surface area contributed by atoms with E-state index in [-0.39, 0.29) is 5.91 Å². The summed E-state index contributed by atoms with van der Waals surface area (Å²) in [6.45, 7) is 10.1. The van der Waals surface area contributed by atoms with Crippen LogP contribution in [0.2, 0.25) is 0 Å². The molecule has 0 saturated carbocycles. The fourth-order valence-corrected chi connectivity index (χ4v) is 2.03. The largest absolute Gasteiger partial charge is 0.339 e. The Morgan fingerprint density at radius 1 is 1.18 bits per heavy atom. The van der Waals surface area contributed by atoms with Crippen molar-refractivity contribution in [2.45, 2.75) is 20.3 Å². The summed E-state index contributed by atoms with van der Waals surface area (Å²) in [6.07, 6.45) is 1.26. The highest BCUT2D eigenvalue weighted by Gasteiger charge is 2.20. The third kappa shape index (κ3) is 5.50. The van der Waals surface area contributed by atoms with Gasteiger partial charge in [-0.2, -0.15) is 0 Å². The second kappa shape index (κ2) is 6.97. The van der Waals surface area contributed by atoms with E-state index >= 15 is 0 Å².